The second kappa shape index (κ2) is 12.4. The molecule has 0 aliphatic heterocycles. The lowest BCUT2D eigenvalue weighted by atomic mass is 10.1. The van der Waals surface area contributed by atoms with Crippen LogP contribution in [0.1, 0.15) is 23.6 Å². The first-order valence-corrected chi connectivity index (χ1v) is 8.71. The van der Waals surface area contributed by atoms with Crippen LogP contribution in [0.4, 0.5) is 8.78 Å². The molecule has 0 spiro atoms. The van der Waals surface area contributed by atoms with Gasteiger partial charge >= 0.3 is 6.61 Å². The van der Waals surface area contributed by atoms with E-state index in [1.807, 2.05) is 13.8 Å². The van der Waals surface area contributed by atoms with E-state index >= 15 is 0 Å². The average molecular weight is 505 g/mol. The maximum atomic E-state index is 12.5. The molecule has 0 unspecified atom stereocenters. The van der Waals surface area contributed by atoms with Gasteiger partial charge in [-0.1, -0.05) is 35.9 Å². The van der Waals surface area contributed by atoms with Crippen LogP contribution in [0.25, 0.3) is 0 Å². The van der Waals surface area contributed by atoms with Crippen LogP contribution in [0.3, 0.4) is 0 Å². The van der Waals surface area contributed by atoms with E-state index in [2.05, 4.69) is 44.6 Å². The molecule has 28 heavy (non-hydrogen) atoms. The smallest absolute Gasteiger partial charge is 0.387 e. The molecule has 0 bridgehead atoms. The van der Waals surface area contributed by atoms with E-state index in [0.717, 1.165) is 11.1 Å². The van der Waals surface area contributed by atoms with Crippen molar-refractivity contribution in [3.63, 3.8) is 0 Å². The molecule has 0 saturated heterocycles. The zero-order valence-electron chi connectivity index (χ0n) is 16.2. The Kier molecular flexibility index (Phi) is 10.6. The molecule has 2 aromatic carbocycles. The topological polar surface area (TPSA) is 54.9 Å². The van der Waals surface area contributed by atoms with Gasteiger partial charge in [0.25, 0.3) is 0 Å². The van der Waals surface area contributed by atoms with Gasteiger partial charge in [0.15, 0.2) is 17.5 Å². The number of nitrogens with zero attached hydrogens (tertiary/aromatic N) is 1. The molecule has 0 amide bonds. The minimum atomic E-state index is -2.91. The first kappa shape index (κ1) is 23.9. The monoisotopic (exact) mass is 505 g/mol. The minimum absolute atomic E-state index is 0. The third-order valence-electron chi connectivity index (χ3n) is 3.79. The maximum Gasteiger partial charge on any atom is 0.387 e. The summed E-state index contributed by atoms with van der Waals surface area (Å²) in [4.78, 5) is 4.50. The molecule has 0 radical (unpaired) electrons. The van der Waals surface area contributed by atoms with Crippen molar-refractivity contribution in [2.24, 2.45) is 4.99 Å². The Hall–Kier alpha value is -2.10. The fourth-order valence-electron chi connectivity index (χ4n) is 2.41. The summed E-state index contributed by atoms with van der Waals surface area (Å²) in [5, 5.41) is 6.43. The van der Waals surface area contributed by atoms with E-state index in [9.17, 15) is 8.78 Å². The molecule has 2 rings (SSSR count). The number of hydrogen-bond acceptors (Lipinski definition) is 3. The van der Waals surface area contributed by atoms with Crippen LogP contribution < -0.4 is 20.1 Å². The quantitative estimate of drug-likeness (QED) is 0.316. The third kappa shape index (κ3) is 7.87. The molecule has 2 aromatic rings. The van der Waals surface area contributed by atoms with Crippen molar-refractivity contribution >= 4 is 29.9 Å². The number of guanidine groups is 1. The fraction of sp³-hybridized carbons (Fsp3) is 0.350. The highest BCUT2D eigenvalue weighted by molar-refractivity contribution is 14.0. The number of methoxy groups -OCH3 is 1. The highest BCUT2D eigenvalue weighted by Gasteiger charge is 2.11. The highest BCUT2D eigenvalue weighted by atomic mass is 127. The van der Waals surface area contributed by atoms with Gasteiger partial charge in [0.1, 0.15) is 0 Å². The van der Waals surface area contributed by atoms with Crippen LogP contribution in [-0.2, 0) is 13.1 Å². The molecular formula is C20H26F2IN3O2. The number of aryl methyl sites for hydroxylation is 1. The summed E-state index contributed by atoms with van der Waals surface area (Å²) in [5.41, 5.74) is 3.09. The molecule has 0 fully saturated rings. The molecule has 0 saturated carbocycles. The van der Waals surface area contributed by atoms with Gasteiger partial charge in [-0.15, -0.1) is 24.0 Å². The predicted molar refractivity (Wildman–Crippen MR) is 118 cm³/mol. The van der Waals surface area contributed by atoms with E-state index in [-0.39, 0.29) is 35.5 Å². The Balaban J connectivity index is 0.00000392. The van der Waals surface area contributed by atoms with Gasteiger partial charge in [-0.3, -0.25) is 0 Å². The molecule has 0 atom stereocenters. The highest BCUT2D eigenvalue weighted by Crippen LogP contribution is 2.29. The summed E-state index contributed by atoms with van der Waals surface area (Å²) >= 11 is 0. The Morgan fingerprint density at radius 1 is 1.04 bits per heavy atom. The Morgan fingerprint density at radius 3 is 2.32 bits per heavy atom. The Labute approximate surface area is 181 Å². The number of aliphatic imine (C=N–C) groups is 1. The lowest BCUT2D eigenvalue weighted by Gasteiger charge is -2.13. The normalized spacial score (nSPS) is 11.0. The van der Waals surface area contributed by atoms with Crippen molar-refractivity contribution in [1.82, 2.24) is 10.6 Å². The second-order valence-corrected chi connectivity index (χ2v) is 5.90. The third-order valence-corrected chi connectivity index (χ3v) is 3.79. The molecule has 0 aliphatic carbocycles. The van der Waals surface area contributed by atoms with Crippen molar-refractivity contribution in [2.45, 2.75) is 33.5 Å². The van der Waals surface area contributed by atoms with Crippen LogP contribution in [0, 0.1) is 6.92 Å². The zero-order chi connectivity index (χ0) is 19.6. The number of rotatable bonds is 8. The van der Waals surface area contributed by atoms with E-state index in [1.54, 1.807) is 12.1 Å². The van der Waals surface area contributed by atoms with Crippen LogP contribution in [0.5, 0.6) is 11.5 Å². The lowest BCUT2D eigenvalue weighted by molar-refractivity contribution is -0.0512. The summed E-state index contributed by atoms with van der Waals surface area (Å²) in [6.07, 6.45) is 0. The molecular weight excluding hydrogens is 479 g/mol. The number of benzene rings is 2. The fourth-order valence-corrected chi connectivity index (χ4v) is 2.41. The van der Waals surface area contributed by atoms with Crippen molar-refractivity contribution in [2.75, 3.05) is 13.7 Å². The minimum Gasteiger partial charge on any atom is -0.493 e. The number of nitrogens with one attached hydrogen (secondary N) is 2. The van der Waals surface area contributed by atoms with Gasteiger partial charge in [0, 0.05) is 13.1 Å². The number of hydrogen-bond donors (Lipinski definition) is 2. The first-order valence-electron chi connectivity index (χ1n) is 8.71. The average Bonchev–Trinajstić information content (AvgIpc) is 2.65. The van der Waals surface area contributed by atoms with Crippen LogP contribution in [-0.4, -0.2) is 26.2 Å². The van der Waals surface area contributed by atoms with E-state index in [4.69, 9.17) is 4.74 Å². The SMILES string of the molecule is CCNC(=NCc1ccc(OC)c(OC(F)F)c1)NCc1ccc(C)cc1.I. The van der Waals surface area contributed by atoms with Gasteiger partial charge < -0.3 is 20.1 Å². The molecule has 8 heteroatoms. The molecule has 154 valence electrons. The second-order valence-electron chi connectivity index (χ2n) is 5.90. The summed E-state index contributed by atoms with van der Waals surface area (Å²) < 4.78 is 34.6. The summed E-state index contributed by atoms with van der Waals surface area (Å²) in [6.45, 7) is 2.77. The van der Waals surface area contributed by atoms with Gasteiger partial charge in [0.05, 0.1) is 13.7 Å². The lowest BCUT2D eigenvalue weighted by Crippen LogP contribution is -2.36. The van der Waals surface area contributed by atoms with Crippen LogP contribution >= 0.6 is 24.0 Å². The Morgan fingerprint density at radius 2 is 1.71 bits per heavy atom. The molecule has 0 aromatic heterocycles. The van der Waals surface area contributed by atoms with Crippen LogP contribution in [0.2, 0.25) is 0 Å². The molecule has 0 heterocycles. The van der Waals surface area contributed by atoms with Crippen molar-refractivity contribution in [3.05, 3.63) is 59.2 Å². The van der Waals surface area contributed by atoms with Crippen LogP contribution in [0.15, 0.2) is 47.5 Å². The van der Waals surface area contributed by atoms with Gasteiger partial charge in [-0.05, 0) is 37.1 Å². The summed E-state index contributed by atoms with van der Waals surface area (Å²) in [6, 6.07) is 13.1. The number of halogens is 3. The standard InChI is InChI=1S/C20H25F2N3O2.HI/c1-4-23-20(24-12-15-7-5-14(2)6-8-15)25-13-16-9-10-17(26-3)18(11-16)27-19(21)22;/h5-11,19H,4,12-13H2,1-3H3,(H2,23,24,25);1H. The molecule has 2 N–H and O–H groups in total. The number of alkyl halides is 2. The van der Waals surface area contributed by atoms with Crippen molar-refractivity contribution in [3.8, 4) is 11.5 Å². The molecule has 5 nitrogen and oxygen atoms in total. The molecule has 0 aliphatic rings. The van der Waals surface area contributed by atoms with E-state index in [0.29, 0.717) is 25.6 Å². The predicted octanol–water partition coefficient (Wildman–Crippen LogP) is 4.48. The van der Waals surface area contributed by atoms with Crippen molar-refractivity contribution < 1.29 is 18.3 Å². The van der Waals surface area contributed by atoms with E-state index < -0.39 is 6.61 Å². The Bertz CT molecular complexity index is 756. The summed E-state index contributed by atoms with van der Waals surface area (Å²) in [5.74, 6) is 0.899. The van der Waals surface area contributed by atoms with Gasteiger partial charge in [-0.2, -0.15) is 8.78 Å². The van der Waals surface area contributed by atoms with Gasteiger partial charge in [0.2, 0.25) is 0 Å². The zero-order valence-corrected chi connectivity index (χ0v) is 18.5. The van der Waals surface area contributed by atoms with Gasteiger partial charge in [-0.25, -0.2) is 4.99 Å². The van der Waals surface area contributed by atoms with Crippen molar-refractivity contribution in [1.29, 1.82) is 0 Å². The number of ether oxygens (including phenoxy) is 2. The summed E-state index contributed by atoms with van der Waals surface area (Å²) in [7, 11) is 1.41. The first-order chi connectivity index (χ1) is 13.0. The maximum absolute atomic E-state index is 12.5. The van der Waals surface area contributed by atoms with E-state index in [1.165, 1.54) is 18.7 Å². The largest absolute Gasteiger partial charge is 0.493 e.